The predicted octanol–water partition coefficient (Wildman–Crippen LogP) is 6.92. The van der Waals surface area contributed by atoms with Gasteiger partial charge in [-0.05, 0) is 99.7 Å². The van der Waals surface area contributed by atoms with Crippen LogP contribution in [-0.2, 0) is 4.57 Å². The van der Waals surface area contributed by atoms with Crippen LogP contribution in [0.1, 0.15) is 18.4 Å². The smallest absolute Gasteiger partial charge is 0.111 e. The number of anilines is 5. The summed E-state index contributed by atoms with van der Waals surface area (Å²) in [6.45, 7) is 10.5. The third-order valence-electron chi connectivity index (χ3n) is 7.58. The fourth-order valence-electron chi connectivity index (χ4n) is 5.78. The molecule has 5 nitrogen and oxygen atoms in total. The highest BCUT2D eigenvalue weighted by molar-refractivity contribution is 7.70. The molecular formula is C29H36ClN4OP. The number of aryl methyl sites for hydroxylation is 1. The van der Waals surface area contributed by atoms with Gasteiger partial charge in [0.1, 0.15) is 7.14 Å². The third kappa shape index (κ3) is 5.29. The molecule has 0 unspecified atom stereocenters. The van der Waals surface area contributed by atoms with E-state index < -0.39 is 7.14 Å². The highest BCUT2D eigenvalue weighted by Gasteiger charge is 2.43. The maximum Gasteiger partial charge on any atom is 0.111 e. The molecule has 1 spiro atoms. The summed E-state index contributed by atoms with van der Waals surface area (Å²) in [5, 5.41) is 8.37. The molecule has 2 N–H and O–H groups in total. The van der Waals surface area contributed by atoms with E-state index in [0.717, 1.165) is 41.1 Å². The summed E-state index contributed by atoms with van der Waals surface area (Å²) < 4.78 is 12.8. The average Bonchev–Trinajstić information content (AvgIpc) is 2.81. The second-order valence-electron chi connectivity index (χ2n) is 11.0. The summed E-state index contributed by atoms with van der Waals surface area (Å²) in [6, 6.07) is 20.2. The Morgan fingerprint density at radius 1 is 0.889 bits per heavy atom. The van der Waals surface area contributed by atoms with Gasteiger partial charge in [0.05, 0.1) is 10.7 Å². The summed E-state index contributed by atoms with van der Waals surface area (Å²) in [5.41, 5.74) is 6.77. The molecule has 0 aromatic heterocycles. The Hall–Kier alpha value is -2.46. The van der Waals surface area contributed by atoms with E-state index in [4.69, 9.17) is 11.6 Å². The molecule has 0 amide bonds. The zero-order chi connectivity index (χ0) is 25.5. The van der Waals surface area contributed by atoms with Gasteiger partial charge in [-0.15, -0.1) is 0 Å². The number of likely N-dealkylation sites (tertiary alicyclic amines) is 1. The Kier molecular flexibility index (Phi) is 6.84. The van der Waals surface area contributed by atoms with Gasteiger partial charge in [0.25, 0.3) is 0 Å². The number of nitrogens with one attached hydrogen (secondary N) is 2. The van der Waals surface area contributed by atoms with Crippen LogP contribution < -0.4 is 20.8 Å². The number of nitrogens with zero attached hydrogens (tertiary/aromatic N) is 2. The molecule has 7 heteroatoms. The van der Waals surface area contributed by atoms with Gasteiger partial charge in [-0.1, -0.05) is 23.7 Å². The normalized spacial score (nSPS) is 17.6. The lowest BCUT2D eigenvalue weighted by Crippen LogP contribution is -2.58. The Balaban J connectivity index is 1.29. The fourth-order valence-corrected chi connectivity index (χ4v) is 7.11. The van der Waals surface area contributed by atoms with Crippen molar-refractivity contribution in [3.8, 4) is 0 Å². The van der Waals surface area contributed by atoms with E-state index in [9.17, 15) is 4.57 Å². The molecule has 190 valence electrons. The third-order valence-corrected chi connectivity index (χ3v) is 9.46. The van der Waals surface area contributed by atoms with Gasteiger partial charge in [-0.2, -0.15) is 0 Å². The monoisotopic (exact) mass is 522 g/mol. The minimum absolute atomic E-state index is 0.562. The zero-order valence-electron chi connectivity index (χ0n) is 21.6. The number of rotatable bonds is 6. The first kappa shape index (κ1) is 25.2. The molecule has 0 radical (unpaired) electrons. The molecule has 3 aromatic rings. The van der Waals surface area contributed by atoms with Crippen molar-refractivity contribution in [3.05, 3.63) is 71.2 Å². The Morgan fingerprint density at radius 3 is 2.22 bits per heavy atom. The van der Waals surface area contributed by atoms with Gasteiger partial charge in [0, 0.05) is 54.2 Å². The summed E-state index contributed by atoms with van der Waals surface area (Å²) in [6.07, 6.45) is 2.57. The Bertz CT molecular complexity index is 1300. The molecule has 36 heavy (non-hydrogen) atoms. The molecular weight excluding hydrogens is 487 g/mol. The lowest BCUT2D eigenvalue weighted by atomic mass is 9.72. The second kappa shape index (κ2) is 9.78. The number of halogens is 1. The predicted molar refractivity (Wildman–Crippen MR) is 156 cm³/mol. The lowest BCUT2D eigenvalue weighted by molar-refractivity contribution is 0.00130. The van der Waals surface area contributed by atoms with Gasteiger partial charge in [0.2, 0.25) is 0 Å². The van der Waals surface area contributed by atoms with Crippen molar-refractivity contribution in [1.82, 2.24) is 4.90 Å². The second-order valence-corrected chi connectivity index (χ2v) is 14.6. The van der Waals surface area contributed by atoms with Crippen LogP contribution in [0.5, 0.6) is 0 Å². The molecule has 2 heterocycles. The van der Waals surface area contributed by atoms with Crippen LogP contribution in [0.3, 0.4) is 0 Å². The molecule has 2 aliphatic rings. The lowest BCUT2D eigenvalue weighted by Gasteiger charge is -2.53. The maximum absolute atomic E-state index is 12.8. The molecule has 0 atom stereocenters. The highest BCUT2D eigenvalue weighted by Crippen LogP contribution is 2.42. The van der Waals surface area contributed by atoms with Crippen molar-refractivity contribution >= 4 is 52.5 Å². The molecule has 0 aliphatic carbocycles. The van der Waals surface area contributed by atoms with Crippen LogP contribution in [0.4, 0.5) is 28.4 Å². The molecule has 3 aromatic carbocycles. The number of benzene rings is 3. The van der Waals surface area contributed by atoms with Crippen molar-refractivity contribution in [2.24, 2.45) is 5.41 Å². The van der Waals surface area contributed by atoms with Crippen molar-refractivity contribution in [3.63, 3.8) is 0 Å². The van der Waals surface area contributed by atoms with Crippen molar-refractivity contribution in [2.75, 3.05) is 62.1 Å². The molecule has 5 rings (SSSR count). The molecule has 2 aliphatic heterocycles. The summed E-state index contributed by atoms with van der Waals surface area (Å²) >= 11 is 6.52. The number of hydrogen-bond donors (Lipinski definition) is 2. The number of hydrogen-bond acceptors (Lipinski definition) is 5. The molecule has 2 saturated heterocycles. The van der Waals surface area contributed by atoms with Crippen molar-refractivity contribution in [2.45, 2.75) is 19.8 Å². The topological polar surface area (TPSA) is 47.6 Å². The first-order valence-corrected chi connectivity index (χ1v) is 15.6. The number of piperidine rings is 1. The highest BCUT2D eigenvalue weighted by atomic mass is 35.5. The molecule has 2 fully saturated rings. The molecule has 0 saturated carbocycles. The zero-order valence-corrected chi connectivity index (χ0v) is 23.3. The summed E-state index contributed by atoms with van der Waals surface area (Å²) in [7, 11) is -0.210. The standard InChI is InChI=1S/C29H36ClN4OP/c1-21-17-22(10-12-27(21)34-15-13-29(14-16-34)19-33(2)20-29)31-23-9-11-24(30)26(18-23)32-25-7-5-6-8-28(25)36(3,4)35/h5-12,17-18,31-32H,13-16,19-20H2,1-4H3. The first-order valence-electron chi connectivity index (χ1n) is 12.6. The van der Waals surface area contributed by atoms with Crippen molar-refractivity contribution < 1.29 is 4.57 Å². The van der Waals surface area contributed by atoms with E-state index in [0.29, 0.717) is 10.4 Å². The minimum Gasteiger partial charge on any atom is -0.371 e. The van der Waals surface area contributed by atoms with Gasteiger partial charge in [-0.3, -0.25) is 0 Å². The van der Waals surface area contributed by atoms with Crippen LogP contribution in [0.15, 0.2) is 60.7 Å². The van der Waals surface area contributed by atoms with Gasteiger partial charge in [-0.25, -0.2) is 0 Å². The minimum atomic E-state index is -2.43. The van der Waals surface area contributed by atoms with Crippen LogP contribution >= 0.6 is 18.7 Å². The SMILES string of the molecule is Cc1cc(Nc2ccc(Cl)c(Nc3ccccc3P(C)(C)=O)c2)ccc1N1CCC2(CC1)CN(C)C2. The van der Waals surface area contributed by atoms with Crippen molar-refractivity contribution in [1.29, 1.82) is 0 Å². The van der Waals surface area contributed by atoms with E-state index in [1.165, 1.54) is 37.2 Å². The van der Waals surface area contributed by atoms with Crippen LogP contribution in [0, 0.1) is 12.3 Å². The Labute approximate surface area is 220 Å². The molecule has 0 bridgehead atoms. The number of para-hydroxylation sites is 1. The van der Waals surface area contributed by atoms with E-state index in [2.05, 4.69) is 52.6 Å². The fraction of sp³-hybridized carbons (Fsp3) is 0.379. The summed E-state index contributed by atoms with van der Waals surface area (Å²) in [5.74, 6) is 0. The summed E-state index contributed by atoms with van der Waals surface area (Å²) in [4.78, 5) is 4.98. The van der Waals surface area contributed by atoms with Gasteiger partial charge < -0.3 is 25.0 Å². The first-order chi connectivity index (χ1) is 17.1. The van der Waals surface area contributed by atoms with Crippen LogP contribution in [0.25, 0.3) is 0 Å². The van der Waals surface area contributed by atoms with E-state index >= 15 is 0 Å². The maximum atomic E-state index is 12.8. The quantitative estimate of drug-likeness (QED) is 0.344. The average molecular weight is 523 g/mol. The van der Waals surface area contributed by atoms with E-state index in [1.54, 1.807) is 13.3 Å². The van der Waals surface area contributed by atoms with Crippen LogP contribution in [0.2, 0.25) is 5.02 Å². The van der Waals surface area contributed by atoms with Gasteiger partial charge >= 0.3 is 0 Å². The van der Waals surface area contributed by atoms with Crippen LogP contribution in [-0.4, -0.2) is 51.5 Å². The van der Waals surface area contributed by atoms with E-state index in [-0.39, 0.29) is 0 Å². The van der Waals surface area contributed by atoms with Gasteiger partial charge in [0.15, 0.2) is 0 Å². The van der Waals surface area contributed by atoms with E-state index in [1.807, 2.05) is 42.5 Å². The Morgan fingerprint density at radius 2 is 1.56 bits per heavy atom. The largest absolute Gasteiger partial charge is 0.371 e.